The molecule has 1 heterocycles. The van der Waals surface area contributed by atoms with Crippen LogP contribution in [0.1, 0.15) is 5.69 Å². The van der Waals surface area contributed by atoms with E-state index < -0.39 is 0 Å². The van der Waals surface area contributed by atoms with Gasteiger partial charge in [0.25, 0.3) is 0 Å². The molecule has 1 heteroatoms. The zero-order valence-electron chi connectivity index (χ0n) is 4.10. The SMILES string of the molecule is Cc1[c]c[c]cn1. The van der Waals surface area contributed by atoms with Gasteiger partial charge >= 0.3 is 0 Å². The van der Waals surface area contributed by atoms with Crippen molar-refractivity contribution in [3.63, 3.8) is 0 Å². The van der Waals surface area contributed by atoms with Gasteiger partial charge in [0, 0.05) is 24.0 Å². The minimum absolute atomic E-state index is 0.916. The summed E-state index contributed by atoms with van der Waals surface area (Å²) >= 11 is 0. The fourth-order valence-corrected chi connectivity index (χ4v) is 0.355. The van der Waals surface area contributed by atoms with Crippen molar-refractivity contribution in [2.75, 3.05) is 0 Å². The molecule has 1 rings (SSSR count). The van der Waals surface area contributed by atoms with Gasteiger partial charge in [-0.2, -0.15) is 0 Å². The van der Waals surface area contributed by atoms with E-state index in [0.29, 0.717) is 0 Å². The van der Waals surface area contributed by atoms with E-state index in [1.165, 1.54) is 0 Å². The number of nitrogens with zero attached hydrogens (tertiary/aromatic N) is 1. The smallest absolute Gasteiger partial charge is 0.0452 e. The molecule has 0 fully saturated rings. The molecular formula is C6H5N. The minimum Gasteiger partial charge on any atom is -0.260 e. The van der Waals surface area contributed by atoms with Gasteiger partial charge in [0.1, 0.15) is 0 Å². The van der Waals surface area contributed by atoms with E-state index in [4.69, 9.17) is 0 Å². The van der Waals surface area contributed by atoms with E-state index in [-0.39, 0.29) is 0 Å². The van der Waals surface area contributed by atoms with E-state index in [9.17, 15) is 0 Å². The highest BCUT2D eigenvalue weighted by Gasteiger charge is 1.75. The molecule has 0 amide bonds. The number of pyridine rings is 1. The molecule has 0 aliphatic rings. The van der Waals surface area contributed by atoms with Crippen LogP contribution in [0, 0.1) is 19.1 Å². The molecule has 0 aromatic carbocycles. The third-order valence-corrected chi connectivity index (χ3v) is 0.697. The lowest BCUT2D eigenvalue weighted by molar-refractivity contribution is 1.19. The minimum atomic E-state index is 0.916. The first kappa shape index (κ1) is 4.31. The van der Waals surface area contributed by atoms with Crippen molar-refractivity contribution in [3.05, 3.63) is 30.1 Å². The van der Waals surface area contributed by atoms with Gasteiger partial charge in [-0.3, -0.25) is 4.98 Å². The maximum atomic E-state index is 3.87. The molecule has 1 aromatic rings. The molecule has 2 radical (unpaired) electrons. The van der Waals surface area contributed by atoms with Crippen LogP contribution in [0.4, 0.5) is 0 Å². The zero-order chi connectivity index (χ0) is 5.11. The standard InChI is InChI=1S/C6H5N/c1-6-4-2-3-5-7-6/h2,5H,1H3. The van der Waals surface area contributed by atoms with Gasteiger partial charge in [0.2, 0.25) is 0 Å². The summed E-state index contributed by atoms with van der Waals surface area (Å²) in [7, 11) is 0. The van der Waals surface area contributed by atoms with E-state index in [1.807, 2.05) is 6.92 Å². The average Bonchev–Trinajstić information content (AvgIpc) is 1.69. The number of aryl methyl sites for hydroxylation is 1. The summed E-state index contributed by atoms with van der Waals surface area (Å²) < 4.78 is 0. The lowest BCUT2D eigenvalue weighted by Crippen LogP contribution is -1.73. The first-order valence-electron chi connectivity index (χ1n) is 2.10. The van der Waals surface area contributed by atoms with Crippen LogP contribution in [-0.4, -0.2) is 4.98 Å². The highest BCUT2D eigenvalue weighted by molar-refractivity contribution is 4.96. The van der Waals surface area contributed by atoms with Crippen molar-refractivity contribution in [2.45, 2.75) is 6.92 Å². The van der Waals surface area contributed by atoms with Crippen molar-refractivity contribution >= 4 is 0 Å². The fraction of sp³-hybridized carbons (Fsp3) is 0.167. The molecule has 0 atom stereocenters. The van der Waals surface area contributed by atoms with Gasteiger partial charge in [0.15, 0.2) is 0 Å². The second-order valence-electron chi connectivity index (χ2n) is 1.30. The van der Waals surface area contributed by atoms with E-state index in [0.717, 1.165) is 5.69 Å². The van der Waals surface area contributed by atoms with Gasteiger partial charge in [-0.15, -0.1) is 0 Å². The Morgan fingerprint density at radius 2 is 2.57 bits per heavy atom. The molecule has 0 aliphatic carbocycles. The summed E-state index contributed by atoms with van der Waals surface area (Å²) in [4.78, 5) is 3.87. The predicted molar refractivity (Wildman–Crippen MR) is 26.6 cm³/mol. The van der Waals surface area contributed by atoms with Crippen molar-refractivity contribution in [1.29, 1.82) is 0 Å². The molecule has 0 aliphatic heterocycles. The van der Waals surface area contributed by atoms with E-state index >= 15 is 0 Å². The van der Waals surface area contributed by atoms with Crippen molar-refractivity contribution in [2.24, 2.45) is 0 Å². The maximum absolute atomic E-state index is 3.87. The Balaban J connectivity index is 3.02. The first-order valence-corrected chi connectivity index (χ1v) is 2.10. The Bertz CT molecular complexity index is 134. The first-order chi connectivity index (χ1) is 3.39. The number of hydrogen-bond donors (Lipinski definition) is 0. The average molecular weight is 91.1 g/mol. The zero-order valence-corrected chi connectivity index (χ0v) is 4.10. The quantitative estimate of drug-likeness (QED) is 0.464. The Morgan fingerprint density at radius 1 is 1.71 bits per heavy atom. The van der Waals surface area contributed by atoms with Gasteiger partial charge in [-0.25, -0.2) is 0 Å². The van der Waals surface area contributed by atoms with Crippen LogP contribution >= 0.6 is 0 Å². The van der Waals surface area contributed by atoms with Crippen molar-refractivity contribution < 1.29 is 0 Å². The van der Waals surface area contributed by atoms with Crippen molar-refractivity contribution in [3.8, 4) is 0 Å². The van der Waals surface area contributed by atoms with Gasteiger partial charge in [-0.05, 0) is 13.0 Å². The molecule has 1 nitrogen and oxygen atoms in total. The summed E-state index contributed by atoms with van der Waals surface area (Å²) in [5.41, 5.74) is 0.916. The lowest BCUT2D eigenvalue weighted by atomic mass is 10.4. The summed E-state index contributed by atoms with van der Waals surface area (Å²) in [5.74, 6) is 0. The second kappa shape index (κ2) is 1.73. The van der Waals surface area contributed by atoms with Gasteiger partial charge in [0.05, 0.1) is 0 Å². The van der Waals surface area contributed by atoms with Crippen LogP contribution in [0.3, 0.4) is 0 Å². The van der Waals surface area contributed by atoms with E-state index in [2.05, 4.69) is 17.1 Å². The summed E-state index contributed by atoms with van der Waals surface area (Å²) in [5, 5.41) is 0. The predicted octanol–water partition coefficient (Wildman–Crippen LogP) is 0.990. The fourth-order valence-electron chi connectivity index (χ4n) is 0.355. The molecule has 0 spiro atoms. The Kier molecular flexibility index (Phi) is 1.07. The highest BCUT2D eigenvalue weighted by Crippen LogP contribution is 1.83. The largest absolute Gasteiger partial charge is 0.260 e. The van der Waals surface area contributed by atoms with Crippen molar-refractivity contribution in [1.82, 2.24) is 4.98 Å². The normalized spacial score (nSPS) is 8.71. The van der Waals surface area contributed by atoms with Crippen LogP contribution < -0.4 is 0 Å². The second-order valence-corrected chi connectivity index (χ2v) is 1.30. The monoisotopic (exact) mass is 91.0 g/mol. The topological polar surface area (TPSA) is 12.9 Å². The van der Waals surface area contributed by atoms with Crippen LogP contribution in [-0.2, 0) is 0 Å². The molecule has 1 aromatic heterocycles. The summed E-state index contributed by atoms with van der Waals surface area (Å²) in [6.45, 7) is 1.90. The van der Waals surface area contributed by atoms with Crippen LogP contribution in [0.15, 0.2) is 12.3 Å². The van der Waals surface area contributed by atoms with Crippen LogP contribution in [0.5, 0.6) is 0 Å². The molecule has 0 unspecified atom stereocenters. The molecule has 0 N–H and O–H groups in total. The Morgan fingerprint density at radius 3 is 2.86 bits per heavy atom. The molecule has 34 valence electrons. The third kappa shape index (κ3) is 1.000. The lowest BCUT2D eigenvalue weighted by Gasteiger charge is -1.80. The molecule has 7 heavy (non-hydrogen) atoms. The maximum Gasteiger partial charge on any atom is 0.0452 e. The molecular weight excluding hydrogens is 86.1 g/mol. The number of aromatic nitrogens is 1. The summed E-state index contributed by atoms with van der Waals surface area (Å²) in [6.07, 6.45) is 1.63. The van der Waals surface area contributed by atoms with Gasteiger partial charge in [-0.1, -0.05) is 0 Å². The summed E-state index contributed by atoms with van der Waals surface area (Å²) in [6, 6.07) is 7.36. The number of rotatable bonds is 0. The highest BCUT2D eigenvalue weighted by atomic mass is 14.6. The van der Waals surface area contributed by atoms with Crippen LogP contribution in [0.25, 0.3) is 0 Å². The number of hydrogen-bond acceptors (Lipinski definition) is 1. The van der Waals surface area contributed by atoms with Crippen LogP contribution in [0.2, 0.25) is 0 Å². The molecule has 0 bridgehead atoms. The Labute approximate surface area is 43.0 Å². The Hall–Kier alpha value is -0.850. The van der Waals surface area contributed by atoms with Gasteiger partial charge < -0.3 is 0 Å². The molecule has 0 saturated carbocycles. The molecule has 0 saturated heterocycles. The van der Waals surface area contributed by atoms with E-state index in [1.54, 1.807) is 12.3 Å². The third-order valence-electron chi connectivity index (χ3n) is 0.697.